The molecule has 1 rings (SSSR count). The molecule has 3 nitrogen and oxygen atoms in total. The molecular formula is C14H27NO2. The Morgan fingerprint density at radius 1 is 1.35 bits per heavy atom. The van der Waals surface area contributed by atoms with Crippen LogP contribution in [0, 0.1) is 5.92 Å². The number of esters is 1. The van der Waals surface area contributed by atoms with Gasteiger partial charge in [0.1, 0.15) is 5.60 Å². The van der Waals surface area contributed by atoms with Gasteiger partial charge in [0.05, 0.1) is 6.42 Å². The summed E-state index contributed by atoms with van der Waals surface area (Å²) < 4.78 is 5.27. The molecular weight excluding hydrogens is 214 g/mol. The van der Waals surface area contributed by atoms with Crippen molar-refractivity contribution in [1.29, 1.82) is 0 Å². The lowest BCUT2D eigenvalue weighted by Gasteiger charge is -2.22. The van der Waals surface area contributed by atoms with Gasteiger partial charge in [-0.15, -0.1) is 0 Å². The third kappa shape index (κ3) is 6.06. The average molecular weight is 241 g/mol. The summed E-state index contributed by atoms with van der Waals surface area (Å²) >= 11 is 0. The predicted molar refractivity (Wildman–Crippen MR) is 69.9 cm³/mol. The van der Waals surface area contributed by atoms with Crippen LogP contribution in [-0.4, -0.2) is 24.2 Å². The SMILES string of the molecule is C[C@H](NCCC(=O)OC(C)(C)C)C1CCCC1. The molecule has 0 spiro atoms. The van der Waals surface area contributed by atoms with Gasteiger partial charge in [0.2, 0.25) is 0 Å². The number of hydrogen-bond acceptors (Lipinski definition) is 3. The molecule has 1 saturated carbocycles. The van der Waals surface area contributed by atoms with Gasteiger partial charge in [-0.1, -0.05) is 12.8 Å². The fraction of sp³-hybridized carbons (Fsp3) is 0.929. The minimum Gasteiger partial charge on any atom is -0.460 e. The molecule has 0 bridgehead atoms. The predicted octanol–water partition coefficient (Wildman–Crippen LogP) is 2.89. The van der Waals surface area contributed by atoms with Crippen molar-refractivity contribution in [3.8, 4) is 0 Å². The summed E-state index contributed by atoms with van der Waals surface area (Å²) in [5.74, 6) is 0.692. The van der Waals surface area contributed by atoms with Crippen LogP contribution in [-0.2, 0) is 9.53 Å². The normalized spacial score (nSPS) is 19.3. The highest BCUT2D eigenvalue weighted by atomic mass is 16.6. The Kier molecular flexibility index (Phi) is 5.44. The van der Waals surface area contributed by atoms with E-state index in [9.17, 15) is 4.79 Å². The number of hydrogen-bond donors (Lipinski definition) is 1. The van der Waals surface area contributed by atoms with Gasteiger partial charge in [-0.3, -0.25) is 4.79 Å². The van der Waals surface area contributed by atoms with Crippen LogP contribution >= 0.6 is 0 Å². The summed E-state index contributed by atoms with van der Waals surface area (Å²) in [6, 6.07) is 0.528. The first-order valence-corrected chi connectivity index (χ1v) is 6.84. The Morgan fingerprint density at radius 3 is 2.47 bits per heavy atom. The largest absolute Gasteiger partial charge is 0.460 e. The smallest absolute Gasteiger partial charge is 0.307 e. The van der Waals surface area contributed by atoms with Crippen LogP contribution in [0.25, 0.3) is 0 Å². The molecule has 1 aliphatic rings. The fourth-order valence-corrected chi connectivity index (χ4v) is 2.42. The summed E-state index contributed by atoms with van der Waals surface area (Å²) in [6.45, 7) is 8.66. The second-order valence-electron chi connectivity index (χ2n) is 6.12. The van der Waals surface area contributed by atoms with Crippen molar-refractivity contribution in [3.63, 3.8) is 0 Å². The van der Waals surface area contributed by atoms with E-state index in [1.54, 1.807) is 0 Å². The lowest BCUT2D eigenvalue weighted by molar-refractivity contribution is -0.154. The minimum absolute atomic E-state index is 0.108. The maximum absolute atomic E-state index is 11.5. The summed E-state index contributed by atoms with van der Waals surface area (Å²) in [6.07, 6.45) is 5.86. The standard InChI is InChI=1S/C14H27NO2/c1-11(12-7-5-6-8-12)15-10-9-13(16)17-14(2,3)4/h11-12,15H,5-10H2,1-4H3/t11-/m0/s1. The molecule has 0 saturated heterocycles. The molecule has 0 amide bonds. The van der Waals surface area contributed by atoms with Crippen molar-refractivity contribution in [1.82, 2.24) is 5.32 Å². The first kappa shape index (κ1) is 14.5. The molecule has 100 valence electrons. The van der Waals surface area contributed by atoms with Crippen LogP contribution in [0.5, 0.6) is 0 Å². The van der Waals surface area contributed by atoms with Gasteiger partial charge < -0.3 is 10.1 Å². The molecule has 1 N–H and O–H groups in total. The molecule has 0 aromatic carbocycles. The van der Waals surface area contributed by atoms with E-state index in [2.05, 4.69) is 12.2 Å². The Bertz CT molecular complexity index is 239. The number of ether oxygens (including phenoxy) is 1. The van der Waals surface area contributed by atoms with Crippen molar-refractivity contribution in [3.05, 3.63) is 0 Å². The Labute approximate surface area is 105 Å². The quantitative estimate of drug-likeness (QED) is 0.752. The Hall–Kier alpha value is -0.570. The second-order valence-corrected chi connectivity index (χ2v) is 6.12. The highest BCUT2D eigenvalue weighted by molar-refractivity contribution is 5.70. The number of carbonyl (C=O) groups is 1. The van der Waals surface area contributed by atoms with Gasteiger partial charge in [-0.05, 0) is 46.5 Å². The van der Waals surface area contributed by atoms with Crippen molar-refractivity contribution in [2.24, 2.45) is 5.92 Å². The van der Waals surface area contributed by atoms with Crippen molar-refractivity contribution in [2.45, 2.75) is 71.4 Å². The molecule has 1 aliphatic carbocycles. The maximum atomic E-state index is 11.5. The minimum atomic E-state index is -0.367. The molecule has 0 aromatic heterocycles. The molecule has 0 unspecified atom stereocenters. The van der Waals surface area contributed by atoms with E-state index in [0.29, 0.717) is 12.5 Å². The van der Waals surface area contributed by atoms with E-state index in [4.69, 9.17) is 4.74 Å². The molecule has 0 heterocycles. The van der Waals surface area contributed by atoms with Crippen LogP contribution in [0.1, 0.15) is 59.8 Å². The van der Waals surface area contributed by atoms with Gasteiger partial charge in [-0.25, -0.2) is 0 Å². The van der Waals surface area contributed by atoms with Crippen molar-refractivity contribution < 1.29 is 9.53 Å². The number of rotatable bonds is 5. The van der Waals surface area contributed by atoms with Crippen molar-refractivity contribution >= 4 is 5.97 Å². The van der Waals surface area contributed by atoms with Crippen LogP contribution in [0.3, 0.4) is 0 Å². The van der Waals surface area contributed by atoms with Crippen molar-refractivity contribution in [2.75, 3.05) is 6.54 Å². The molecule has 1 atom stereocenters. The summed E-state index contributed by atoms with van der Waals surface area (Å²) in [4.78, 5) is 11.5. The number of carbonyl (C=O) groups excluding carboxylic acids is 1. The average Bonchev–Trinajstić information content (AvgIpc) is 2.66. The monoisotopic (exact) mass is 241 g/mol. The van der Waals surface area contributed by atoms with E-state index < -0.39 is 0 Å². The van der Waals surface area contributed by atoms with E-state index in [1.807, 2.05) is 20.8 Å². The Morgan fingerprint density at radius 2 is 1.94 bits per heavy atom. The Balaban J connectivity index is 2.12. The first-order chi connectivity index (χ1) is 7.88. The van der Waals surface area contributed by atoms with Crippen LogP contribution < -0.4 is 5.32 Å². The molecule has 0 radical (unpaired) electrons. The summed E-state index contributed by atoms with van der Waals surface area (Å²) in [5, 5.41) is 3.44. The van der Waals surface area contributed by atoms with Gasteiger partial charge in [0.25, 0.3) is 0 Å². The number of nitrogens with one attached hydrogen (secondary N) is 1. The first-order valence-electron chi connectivity index (χ1n) is 6.84. The molecule has 0 aromatic rings. The fourth-order valence-electron chi connectivity index (χ4n) is 2.42. The molecule has 17 heavy (non-hydrogen) atoms. The zero-order valence-electron chi connectivity index (χ0n) is 11.7. The highest BCUT2D eigenvalue weighted by Gasteiger charge is 2.21. The third-order valence-corrected chi connectivity index (χ3v) is 3.32. The van der Waals surface area contributed by atoms with Crippen LogP contribution in [0.15, 0.2) is 0 Å². The van der Waals surface area contributed by atoms with E-state index in [-0.39, 0.29) is 11.6 Å². The van der Waals surface area contributed by atoms with Gasteiger partial charge in [0, 0.05) is 12.6 Å². The van der Waals surface area contributed by atoms with Gasteiger partial charge >= 0.3 is 5.97 Å². The molecule has 0 aliphatic heterocycles. The second kappa shape index (κ2) is 6.39. The molecule has 3 heteroatoms. The van der Waals surface area contributed by atoms with Crippen LogP contribution in [0.4, 0.5) is 0 Å². The highest BCUT2D eigenvalue weighted by Crippen LogP contribution is 2.27. The van der Waals surface area contributed by atoms with E-state index >= 15 is 0 Å². The maximum Gasteiger partial charge on any atom is 0.307 e. The van der Waals surface area contributed by atoms with E-state index in [0.717, 1.165) is 12.5 Å². The summed E-state index contributed by atoms with van der Waals surface area (Å²) in [7, 11) is 0. The zero-order chi connectivity index (χ0) is 12.9. The topological polar surface area (TPSA) is 38.3 Å². The lowest BCUT2D eigenvalue weighted by atomic mass is 10.00. The third-order valence-electron chi connectivity index (χ3n) is 3.32. The van der Waals surface area contributed by atoms with E-state index in [1.165, 1.54) is 25.7 Å². The summed E-state index contributed by atoms with van der Waals surface area (Å²) in [5.41, 5.74) is -0.367. The lowest BCUT2D eigenvalue weighted by Crippen LogP contribution is -2.34. The van der Waals surface area contributed by atoms with Gasteiger partial charge in [-0.2, -0.15) is 0 Å². The zero-order valence-corrected chi connectivity index (χ0v) is 11.7. The van der Waals surface area contributed by atoms with Gasteiger partial charge in [0.15, 0.2) is 0 Å². The van der Waals surface area contributed by atoms with Crippen LogP contribution in [0.2, 0.25) is 0 Å². The molecule has 1 fully saturated rings.